The van der Waals surface area contributed by atoms with E-state index in [1.165, 1.54) is 17.0 Å². The Morgan fingerprint density at radius 3 is 2.03 bits per heavy atom. The van der Waals surface area contributed by atoms with E-state index in [0.29, 0.717) is 12.1 Å². The fourth-order valence-corrected chi connectivity index (χ4v) is 5.70. The summed E-state index contributed by atoms with van der Waals surface area (Å²) in [5.74, 6) is -0.706. The van der Waals surface area contributed by atoms with Crippen molar-refractivity contribution in [2.75, 3.05) is 10.8 Å². The highest BCUT2D eigenvalue weighted by Gasteiger charge is 2.34. The number of hydrogen-bond acceptors (Lipinski definition) is 4. The summed E-state index contributed by atoms with van der Waals surface area (Å²) in [6.07, 6.45) is 1.14. The van der Waals surface area contributed by atoms with Gasteiger partial charge >= 0.3 is 0 Å². The SMILES string of the molecule is CC[C@H](C(=O)N[C@@H](C)CC)N(Cc1ccccc1)C(=O)CN(c1ccc(C)c(C)c1)S(=O)(=O)c1ccccc1. The third kappa shape index (κ3) is 7.47. The predicted molar refractivity (Wildman–Crippen MR) is 156 cm³/mol. The van der Waals surface area contributed by atoms with Crippen LogP contribution in [0.1, 0.15) is 50.3 Å². The molecule has 1 N–H and O–H groups in total. The highest BCUT2D eigenvalue weighted by Crippen LogP contribution is 2.26. The minimum absolute atomic E-state index is 0.0503. The van der Waals surface area contributed by atoms with Crippen LogP contribution in [0, 0.1) is 13.8 Å². The van der Waals surface area contributed by atoms with Gasteiger partial charge in [-0.15, -0.1) is 0 Å². The van der Waals surface area contributed by atoms with Gasteiger partial charge in [-0.1, -0.05) is 68.4 Å². The molecule has 0 aliphatic carbocycles. The minimum atomic E-state index is -4.08. The summed E-state index contributed by atoms with van der Waals surface area (Å²) in [7, 11) is -4.08. The highest BCUT2D eigenvalue weighted by atomic mass is 32.2. The molecule has 8 heteroatoms. The van der Waals surface area contributed by atoms with E-state index >= 15 is 0 Å². The van der Waals surface area contributed by atoms with Crippen LogP contribution in [0.3, 0.4) is 0 Å². The maximum absolute atomic E-state index is 14.1. The Morgan fingerprint density at radius 1 is 0.846 bits per heavy atom. The molecule has 0 saturated heterocycles. The summed E-state index contributed by atoms with van der Waals surface area (Å²) in [6.45, 7) is 9.34. The molecule has 2 atom stereocenters. The fourth-order valence-electron chi connectivity index (χ4n) is 4.27. The van der Waals surface area contributed by atoms with Crippen LogP contribution < -0.4 is 9.62 Å². The Morgan fingerprint density at radius 2 is 1.46 bits per heavy atom. The Bertz CT molecular complexity index is 1360. The maximum Gasteiger partial charge on any atom is 0.264 e. The molecule has 0 heterocycles. The van der Waals surface area contributed by atoms with Crippen LogP contribution in [0.4, 0.5) is 5.69 Å². The molecule has 208 valence electrons. The van der Waals surface area contributed by atoms with Gasteiger partial charge < -0.3 is 10.2 Å². The Labute approximate surface area is 232 Å². The molecule has 0 aromatic heterocycles. The van der Waals surface area contributed by atoms with Gasteiger partial charge in [0.25, 0.3) is 10.0 Å². The van der Waals surface area contributed by atoms with Crippen molar-refractivity contribution in [1.29, 1.82) is 0 Å². The first-order valence-corrected chi connectivity index (χ1v) is 14.8. The monoisotopic (exact) mass is 549 g/mol. The molecule has 0 unspecified atom stereocenters. The number of nitrogens with zero attached hydrogens (tertiary/aromatic N) is 2. The van der Waals surface area contributed by atoms with Crippen LogP contribution in [-0.4, -0.2) is 43.8 Å². The zero-order valence-corrected chi connectivity index (χ0v) is 24.2. The van der Waals surface area contributed by atoms with Crippen LogP contribution in [0.5, 0.6) is 0 Å². The first-order chi connectivity index (χ1) is 18.6. The summed E-state index contributed by atoms with van der Waals surface area (Å²) in [5, 5.41) is 2.99. The second-order valence-corrected chi connectivity index (χ2v) is 11.7. The number of benzene rings is 3. The van der Waals surface area contributed by atoms with Crippen molar-refractivity contribution in [3.05, 3.63) is 95.6 Å². The minimum Gasteiger partial charge on any atom is -0.352 e. The van der Waals surface area contributed by atoms with Crippen molar-refractivity contribution < 1.29 is 18.0 Å². The molecule has 3 aromatic carbocycles. The van der Waals surface area contributed by atoms with Gasteiger partial charge in [-0.2, -0.15) is 0 Å². The Balaban J connectivity index is 2.06. The first-order valence-electron chi connectivity index (χ1n) is 13.4. The van der Waals surface area contributed by atoms with Crippen molar-refractivity contribution in [2.24, 2.45) is 0 Å². The standard InChI is InChI=1S/C31H39N3O4S/c1-6-25(5)32-31(36)29(7-2)33(21-26-14-10-8-11-15-26)30(35)22-34(27-19-18-23(3)24(4)20-27)39(37,38)28-16-12-9-13-17-28/h8-20,25,29H,6-7,21-22H2,1-5H3,(H,32,36)/t25-,29+/m0/s1. The second kappa shape index (κ2) is 13.4. The third-order valence-electron chi connectivity index (χ3n) is 6.97. The molecule has 0 spiro atoms. The summed E-state index contributed by atoms with van der Waals surface area (Å²) >= 11 is 0. The number of anilines is 1. The average Bonchev–Trinajstić information content (AvgIpc) is 2.93. The van der Waals surface area contributed by atoms with E-state index in [0.717, 1.165) is 27.4 Å². The lowest BCUT2D eigenvalue weighted by molar-refractivity contribution is -0.140. The molecule has 0 aliphatic rings. The van der Waals surface area contributed by atoms with E-state index in [9.17, 15) is 18.0 Å². The lowest BCUT2D eigenvalue weighted by Gasteiger charge is -2.33. The van der Waals surface area contributed by atoms with Gasteiger partial charge in [0, 0.05) is 12.6 Å². The quantitative estimate of drug-likeness (QED) is 0.336. The summed E-state index contributed by atoms with van der Waals surface area (Å²) in [5.41, 5.74) is 3.17. The van der Waals surface area contributed by atoms with Crippen LogP contribution in [-0.2, 0) is 26.2 Å². The Hall–Kier alpha value is -3.65. The Kier molecular flexibility index (Phi) is 10.3. The molecule has 0 bridgehead atoms. The summed E-state index contributed by atoms with van der Waals surface area (Å²) < 4.78 is 28.9. The molecule has 3 aromatic rings. The van der Waals surface area contributed by atoms with Crippen molar-refractivity contribution in [3.63, 3.8) is 0 Å². The fraction of sp³-hybridized carbons (Fsp3) is 0.355. The molecular formula is C31H39N3O4S. The number of carbonyl (C=O) groups excluding carboxylic acids is 2. The van der Waals surface area contributed by atoms with E-state index in [2.05, 4.69) is 5.32 Å². The van der Waals surface area contributed by atoms with E-state index < -0.39 is 28.5 Å². The van der Waals surface area contributed by atoms with E-state index in [1.807, 2.05) is 71.0 Å². The number of sulfonamides is 1. The smallest absolute Gasteiger partial charge is 0.264 e. The zero-order valence-electron chi connectivity index (χ0n) is 23.4. The lowest BCUT2D eigenvalue weighted by Crippen LogP contribution is -2.53. The van der Waals surface area contributed by atoms with Crippen molar-refractivity contribution in [1.82, 2.24) is 10.2 Å². The van der Waals surface area contributed by atoms with Gasteiger partial charge in [-0.05, 0) is 74.6 Å². The molecular weight excluding hydrogens is 510 g/mol. The normalized spacial score (nSPS) is 12.8. The molecule has 0 saturated carbocycles. The highest BCUT2D eigenvalue weighted by molar-refractivity contribution is 7.92. The molecule has 0 aliphatic heterocycles. The van der Waals surface area contributed by atoms with Gasteiger partial charge in [-0.3, -0.25) is 13.9 Å². The number of carbonyl (C=O) groups is 2. The molecule has 3 rings (SSSR count). The number of hydrogen-bond donors (Lipinski definition) is 1. The first kappa shape index (κ1) is 29.9. The van der Waals surface area contributed by atoms with E-state index in [4.69, 9.17) is 0 Å². The van der Waals surface area contributed by atoms with Crippen LogP contribution in [0.15, 0.2) is 83.8 Å². The van der Waals surface area contributed by atoms with Gasteiger partial charge in [0.2, 0.25) is 11.8 Å². The van der Waals surface area contributed by atoms with Crippen LogP contribution in [0.2, 0.25) is 0 Å². The molecule has 2 amide bonds. The van der Waals surface area contributed by atoms with E-state index in [-0.39, 0.29) is 23.4 Å². The number of nitrogens with one attached hydrogen (secondary N) is 1. The number of aryl methyl sites for hydroxylation is 2. The molecule has 39 heavy (non-hydrogen) atoms. The maximum atomic E-state index is 14.1. The van der Waals surface area contributed by atoms with Gasteiger partial charge in [0.05, 0.1) is 10.6 Å². The molecule has 0 radical (unpaired) electrons. The van der Waals surface area contributed by atoms with Gasteiger partial charge in [-0.25, -0.2) is 8.42 Å². The van der Waals surface area contributed by atoms with Crippen LogP contribution >= 0.6 is 0 Å². The zero-order chi connectivity index (χ0) is 28.6. The van der Waals surface area contributed by atoms with Crippen molar-refractivity contribution >= 4 is 27.5 Å². The predicted octanol–water partition coefficient (Wildman–Crippen LogP) is 5.22. The molecule has 7 nitrogen and oxygen atoms in total. The molecule has 0 fully saturated rings. The topological polar surface area (TPSA) is 86.8 Å². The van der Waals surface area contributed by atoms with Gasteiger partial charge in [0.15, 0.2) is 0 Å². The largest absolute Gasteiger partial charge is 0.352 e. The number of rotatable bonds is 12. The third-order valence-corrected chi connectivity index (χ3v) is 8.76. The van der Waals surface area contributed by atoms with E-state index in [1.54, 1.807) is 30.3 Å². The van der Waals surface area contributed by atoms with Crippen molar-refractivity contribution in [2.45, 2.75) is 71.0 Å². The summed E-state index contributed by atoms with van der Waals surface area (Å²) in [4.78, 5) is 29.0. The lowest BCUT2D eigenvalue weighted by atomic mass is 10.1. The summed E-state index contributed by atoms with van der Waals surface area (Å²) in [6, 6.07) is 22.0. The average molecular weight is 550 g/mol. The van der Waals surface area contributed by atoms with Crippen LogP contribution in [0.25, 0.3) is 0 Å². The second-order valence-electron chi connectivity index (χ2n) is 9.84. The van der Waals surface area contributed by atoms with Gasteiger partial charge in [0.1, 0.15) is 12.6 Å². The van der Waals surface area contributed by atoms with Crippen molar-refractivity contribution in [3.8, 4) is 0 Å². The number of amides is 2.